The van der Waals surface area contributed by atoms with Crippen molar-refractivity contribution in [2.45, 2.75) is 49.1 Å². The van der Waals surface area contributed by atoms with Crippen LogP contribution in [0.1, 0.15) is 12.5 Å². The molecule has 22 nitrogen and oxygen atoms in total. The highest BCUT2D eigenvalue weighted by atomic mass is 31.2. The van der Waals surface area contributed by atoms with Crippen LogP contribution in [0, 0.1) is 0 Å². The van der Waals surface area contributed by atoms with E-state index in [-0.39, 0.29) is 34.0 Å². The van der Waals surface area contributed by atoms with Crippen molar-refractivity contribution in [3.63, 3.8) is 0 Å². The summed E-state index contributed by atoms with van der Waals surface area (Å²) in [6.07, 6.45) is -7.55. The fourth-order valence-corrected chi connectivity index (χ4v) is 7.10. The van der Waals surface area contributed by atoms with Crippen LogP contribution in [0.4, 0.5) is 11.6 Å². The molecule has 0 amide bonds. The largest absolute Gasteiger partial charge is 0.472 e. The SMILES string of the molecule is Nc1ncnc2c1ncn2[C@@H]1O[C@@H]2COP(=O)(O)O[C@H]3C(O)[C@@H](COP(=O)(O)COC2[C@H]1O)O[C@H]3n1cnc2c(N)ncnc21. The van der Waals surface area contributed by atoms with Crippen molar-refractivity contribution < 1.29 is 56.9 Å². The average molecular weight is 672 g/mol. The summed E-state index contributed by atoms with van der Waals surface area (Å²) in [4.78, 5) is 45.5. The molecule has 3 aliphatic heterocycles. The van der Waals surface area contributed by atoms with Crippen molar-refractivity contribution in [2.24, 2.45) is 0 Å². The zero-order valence-electron chi connectivity index (χ0n) is 22.7. The zero-order valence-corrected chi connectivity index (χ0v) is 24.5. The van der Waals surface area contributed by atoms with Gasteiger partial charge in [-0.2, -0.15) is 0 Å². The molecule has 4 unspecified atom stereocenters. The van der Waals surface area contributed by atoms with E-state index in [0.29, 0.717) is 0 Å². The van der Waals surface area contributed by atoms with E-state index < -0.39 is 84.1 Å². The fourth-order valence-electron chi connectivity index (χ4n) is 5.35. The van der Waals surface area contributed by atoms with Gasteiger partial charge in [0.25, 0.3) is 0 Å². The van der Waals surface area contributed by atoms with Crippen molar-refractivity contribution in [1.82, 2.24) is 39.0 Å². The Morgan fingerprint density at radius 3 is 1.98 bits per heavy atom. The Morgan fingerprint density at radius 2 is 1.33 bits per heavy atom. The van der Waals surface area contributed by atoms with Crippen molar-refractivity contribution in [3.8, 4) is 0 Å². The molecule has 10 atom stereocenters. The second kappa shape index (κ2) is 11.2. The molecule has 3 aliphatic rings. The predicted octanol–water partition coefficient (Wildman–Crippen LogP) is -1.59. The summed E-state index contributed by atoms with van der Waals surface area (Å²) in [6.45, 7) is -1.39. The number of nitrogens with two attached hydrogens (primary N) is 2. The van der Waals surface area contributed by atoms with Crippen molar-refractivity contribution in [1.29, 1.82) is 0 Å². The third-order valence-electron chi connectivity index (χ3n) is 7.47. The Bertz CT molecular complexity index is 1840. The normalized spacial score (nSPS) is 38.0. The first-order valence-electron chi connectivity index (χ1n) is 13.2. The number of aromatic nitrogens is 8. The van der Waals surface area contributed by atoms with Crippen molar-refractivity contribution in [2.75, 3.05) is 31.0 Å². The Labute approximate surface area is 251 Å². The van der Waals surface area contributed by atoms with Gasteiger partial charge in [0, 0.05) is 0 Å². The van der Waals surface area contributed by atoms with Crippen LogP contribution >= 0.6 is 15.4 Å². The highest BCUT2D eigenvalue weighted by molar-refractivity contribution is 7.52. The van der Waals surface area contributed by atoms with Gasteiger partial charge in [0.1, 0.15) is 66.7 Å². The number of fused-ring (bicyclic) bond motifs is 5. The van der Waals surface area contributed by atoms with Crippen LogP contribution in [-0.2, 0) is 36.9 Å². The maximum Gasteiger partial charge on any atom is 0.472 e. The highest BCUT2D eigenvalue weighted by Gasteiger charge is 2.52. The average Bonchev–Trinajstić information content (AvgIpc) is 3.75. The number of hydrogen-bond donors (Lipinski definition) is 6. The molecule has 0 spiro atoms. The second-order valence-electron chi connectivity index (χ2n) is 10.3. The molecular formula is C21H26N10O12P2. The van der Waals surface area contributed by atoms with Crippen LogP contribution < -0.4 is 11.5 Å². The number of rotatable bonds is 2. The summed E-state index contributed by atoms with van der Waals surface area (Å²) < 4.78 is 62.0. The monoisotopic (exact) mass is 672 g/mol. The molecule has 24 heteroatoms. The molecule has 4 aromatic heterocycles. The van der Waals surface area contributed by atoms with Crippen LogP contribution in [0.25, 0.3) is 22.3 Å². The molecule has 3 fully saturated rings. The molecule has 0 radical (unpaired) electrons. The summed E-state index contributed by atoms with van der Waals surface area (Å²) in [5, 5.41) is 22.2. The number of aliphatic hydroxyl groups excluding tert-OH is 2. The molecule has 2 bridgehead atoms. The number of ether oxygens (including phenoxy) is 3. The standard InChI is InChI=1S/C21H26N10O12P2/c22-16-10-18(26-3-24-16)30(5-28-10)20-13(33)14-9(42-20)2-40-45(36,37)43-15-12(32)8(1-39-44(34,35)7-38-14)41-21(15)31-6-29-11-17(23)25-4-27-19(11)31/h3-6,8-9,12-15,20-21,32-33H,1-2,7H2,(H,34,35)(H,36,37)(H2,22,24,26)(H2,23,25,27)/t8-,9-,12?,13-,14?,15+,20-,21-/m1/s1. The van der Waals surface area contributed by atoms with Gasteiger partial charge in [0.15, 0.2) is 35.4 Å². The Morgan fingerprint density at radius 1 is 0.756 bits per heavy atom. The second-order valence-corrected chi connectivity index (χ2v) is 13.5. The third kappa shape index (κ3) is 5.47. The molecular weight excluding hydrogens is 646 g/mol. The molecule has 0 aliphatic carbocycles. The van der Waals surface area contributed by atoms with Crippen LogP contribution in [-0.4, -0.2) is 115 Å². The van der Waals surface area contributed by atoms with Crippen LogP contribution in [0.2, 0.25) is 0 Å². The van der Waals surface area contributed by atoms with E-state index in [9.17, 15) is 29.1 Å². The van der Waals surface area contributed by atoms with Gasteiger partial charge in [-0.25, -0.2) is 34.5 Å². The van der Waals surface area contributed by atoms with Gasteiger partial charge in [-0.15, -0.1) is 0 Å². The minimum Gasteiger partial charge on any atom is -0.387 e. The molecule has 8 N–H and O–H groups in total. The van der Waals surface area contributed by atoms with E-state index in [1.165, 1.54) is 28.1 Å². The molecule has 0 aromatic carbocycles. The fraction of sp³-hybridized carbons (Fsp3) is 0.524. The number of imidazole rings is 2. The lowest BCUT2D eigenvalue weighted by Gasteiger charge is -2.26. The molecule has 0 saturated carbocycles. The quantitative estimate of drug-likeness (QED) is 0.131. The number of nitrogens with zero attached hydrogens (tertiary/aromatic N) is 8. The van der Waals surface area contributed by atoms with Gasteiger partial charge in [-0.1, -0.05) is 0 Å². The predicted molar refractivity (Wildman–Crippen MR) is 145 cm³/mol. The number of phosphoric acid groups is 1. The Kier molecular flexibility index (Phi) is 7.59. The molecule has 7 heterocycles. The number of hydrogen-bond acceptors (Lipinski definition) is 18. The van der Waals surface area contributed by atoms with E-state index >= 15 is 0 Å². The van der Waals surface area contributed by atoms with E-state index in [2.05, 4.69) is 29.9 Å². The molecule has 7 rings (SSSR count). The summed E-state index contributed by atoms with van der Waals surface area (Å²) in [6, 6.07) is 0. The number of aliphatic hydroxyl groups is 2. The first-order chi connectivity index (χ1) is 21.4. The zero-order chi connectivity index (χ0) is 31.7. The molecule has 4 aromatic rings. The van der Waals surface area contributed by atoms with Gasteiger partial charge < -0.3 is 50.2 Å². The van der Waals surface area contributed by atoms with Crippen LogP contribution in [0.15, 0.2) is 25.3 Å². The third-order valence-corrected chi connectivity index (χ3v) is 9.49. The minimum atomic E-state index is -5.03. The Balaban J connectivity index is 1.19. The van der Waals surface area contributed by atoms with Gasteiger partial charge in [0.05, 0.1) is 25.9 Å². The van der Waals surface area contributed by atoms with Gasteiger partial charge in [-0.3, -0.25) is 22.7 Å². The molecule has 3 saturated heterocycles. The van der Waals surface area contributed by atoms with Crippen LogP contribution in [0.5, 0.6) is 0 Å². The van der Waals surface area contributed by atoms with Gasteiger partial charge in [0.2, 0.25) is 0 Å². The number of anilines is 2. The first-order valence-corrected chi connectivity index (χ1v) is 16.4. The summed E-state index contributed by atoms with van der Waals surface area (Å²) in [5.41, 5.74) is 12.5. The maximum atomic E-state index is 13.2. The van der Waals surface area contributed by atoms with Crippen molar-refractivity contribution >= 4 is 49.4 Å². The summed E-state index contributed by atoms with van der Waals surface area (Å²) >= 11 is 0. The summed E-state index contributed by atoms with van der Waals surface area (Å²) in [5.74, 6) is 0.108. The maximum absolute atomic E-state index is 13.2. The lowest BCUT2D eigenvalue weighted by Crippen LogP contribution is -2.38. The topological polar surface area (TPSA) is 310 Å². The van der Waals surface area contributed by atoms with Crippen LogP contribution in [0.3, 0.4) is 0 Å². The lowest BCUT2D eigenvalue weighted by atomic mass is 10.1. The van der Waals surface area contributed by atoms with E-state index in [4.69, 9.17) is 39.2 Å². The Hall–Kier alpha value is -3.24. The van der Waals surface area contributed by atoms with Gasteiger partial charge >= 0.3 is 15.4 Å². The van der Waals surface area contributed by atoms with E-state index in [0.717, 1.165) is 6.33 Å². The minimum absolute atomic E-state index is 0.0386. The molecule has 45 heavy (non-hydrogen) atoms. The molecule has 242 valence electrons. The lowest BCUT2D eigenvalue weighted by molar-refractivity contribution is -0.0633. The van der Waals surface area contributed by atoms with Crippen molar-refractivity contribution in [3.05, 3.63) is 25.3 Å². The first kappa shape index (κ1) is 30.4. The smallest absolute Gasteiger partial charge is 0.387 e. The van der Waals surface area contributed by atoms with E-state index in [1.54, 1.807) is 0 Å². The number of nitrogen functional groups attached to an aromatic ring is 2. The summed E-state index contributed by atoms with van der Waals surface area (Å²) in [7, 11) is -9.58. The number of phosphoric ester groups is 1. The van der Waals surface area contributed by atoms with Gasteiger partial charge in [-0.05, 0) is 0 Å². The van der Waals surface area contributed by atoms with E-state index in [1.807, 2.05) is 0 Å². The highest BCUT2D eigenvalue weighted by Crippen LogP contribution is 2.52.